The number of nitrogens with zero attached hydrogens (tertiary/aromatic N) is 1. The molecule has 1 heterocycles. The Morgan fingerprint density at radius 1 is 0.947 bits per heavy atom. The predicted molar refractivity (Wildman–Crippen MR) is 149 cm³/mol. The highest BCUT2D eigenvalue weighted by Crippen LogP contribution is 2.37. The number of hydrogen-bond acceptors (Lipinski definition) is 8. The van der Waals surface area contributed by atoms with Crippen molar-refractivity contribution < 1.29 is 32.2 Å². The van der Waals surface area contributed by atoms with Gasteiger partial charge in [-0.3, -0.25) is 9.10 Å². The van der Waals surface area contributed by atoms with Crippen LogP contribution in [0, 0.1) is 0 Å². The lowest BCUT2D eigenvalue weighted by atomic mass is 10.2. The maximum atomic E-state index is 13.6. The Labute approximate surface area is 235 Å². The molecule has 0 aliphatic rings. The van der Waals surface area contributed by atoms with Gasteiger partial charge in [0.25, 0.3) is 15.9 Å². The van der Waals surface area contributed by atoms with E-state index < -0.39 is 21.9 Å². The van der Waals surface area contributed by atoms with E-state index in [4.69, 9.17) is 37.4 Å². The minimum atomic E-state index is -4.23. The van der Waals surface area contributed by atoms with Gasteiger partial charge < -0.3 is 19.5 Å². The van der Waals surface area contributed by atoms with Crippen molar-refractivity contribution in [1.29, 1.82) is 0 Å². The smallest absolute Gasteiger partial charge is 0.338 e. The molecule has 2 aromatic carbocycles. The van der Waals surface area contributed by atoms with Crippen molar-refractivity contribution >= 4 is 67.8 Å². The number of sulfonamides is 1. The van der Waals surface area contributed by atoms with Crippen LogP contribution < -0.4 is 19.1 Å². The number of amides is 1. The molecule has 0 fully saturated rings. The van der Waals surface area contributed by atoms with Crippen LogP contribution in [-0.4, -0.2) is 47.2 Å². The molecule has 0 bridgehead atoms. The minimum absolute atomic E-state index is 0.0992. The van der Waals surface area contributed by atoms with Gasteiger partial charge in [-0.15, -0.1) is 11.3 Å². The van der Waals surface area contributed by atoms with E-state index in [0.717, 1.165) is 15.6 Å². The third-order valence-electron chi connectivity index (χ3n) is 5.07. The Morgan fingerprint density at radius 3 is 2.29 bits per heavy atom. The van der Waals surface area contributed by atoms with Crippen LogP contribution in [0.15, 0.2) is 47.4 Å². The third-order valence-corrected chi connectivity index (χ3v) is 8.49. The number of esters is 1. The second kappa shape index (κ2) is 12.7. The SMILES string of the molecule is CCOC(=O)c1cc(Cl)cc(NC(=O)c2sc(Cl)cc2S(=O)(=O)N(C)c2ccc(OCC)c(OCC)c2)c1. The van der Waals surface area contributed by atoms with Crippen LogP contribution in [0.2, 0.25) is 9.36 Å². The average molecular weight is 602 g/mol. The van der Waals surface area contributed by atoms with Gasteiger partial charge in [-0.05, 0) is 57.2 Å². The zero-order valence-corrected chi connectivity index (χ0v) is 24.2. The molecule has 204 valence electrons. The maximum Gasteiger partial charge on any atom is 0.338 e. The van der Waals surface area contributed by atoms with Crippen LogP contribution >= 0.6 is 34.5 Å². The number of ether oxygens (including phenoxy) is 3. The Bertz CT molecular complexity index is 1440. The standard InChI is InChI=1S/C25H26Cl2N2O7S2/c1-5-34-19-9-8-18(13-20(19)35-6-2)29(4)38(32,33)21-14-22(27)37-23(21)24(30)28-17-11-15(10-16(26)12-17)25(31)36-7-3/h8-14H,5-7H2,1-4H3,(H,28,30). The van der Waals surface area contributed by atoms with Crippen molar-refractivity contribution in [3.8, 4) is 11.5 Å². The molecular formula is C25H26Cl2N2O7S2. The fourth-order valence-electron chi connectivity index (χ4n) is 3.40. The molecule has 3 aromatic rings. The highest BCUT2D eigenvalue weighted by molar-refractivity contribution is 7.93. The quantitative estimate of drug-likeness (QED) is 0.264. The number of carbonyl (C=O) groups is 2. The average Bonchev–Trinajstić information content (AvgIpc) is 3.27. The Morgan fingerprint density at radius 2 is 1.63 bits per heavy atom. The minimum Gasteiger partial charge on any atom is -0.490 e. The van der Waals surface area contributed by atoms with Gasteiger partial charge in [-0.1, -0.05) is 23.2 Å². The van der Waals surface area contributed by atoms with Crippen LogP contribution in [0.4, 0.5) is 11.4 Å². The molecule has 0 aliphatic heterocycles. The van der Waals surface area contributed by atoms with Gasteiger partial charge in [0.15, 0.2) is 11.5 Å². The monoisotopic (exact) mass is 600 g/mol. The second-order valence-electron chi connectivity index (χ2n) is 7.62. The van der Waals surface area contributed by atoms with Crippen LogP contribution in [0.25, 0.3) is 0 Å². The summed E-state index contributed by atoms with van der Waals surface area (Å²) in [5, 5.41) is 2.77. The maximum absolute atomic E-state index is 13.6. The van der Waals surface area contributed by atoms with Crippen molar-refractivity contribution in [2.45, 2.75) is 25.7 Å². The number of nitrogens with one attached hydrogen (secondary N) is 1. The molecule has 1 N–H and O–H groups in total. The number of anilines is 2. The van der Waals surface area contributed by atoms with E-state index in [1.54, 1.807) is 32.0 Å². The van der Waals surface area contributed by atoms with Gasteiger partial charge in [0.05, 0.1) is 35.4 Å². The summed E-state index contributed by atoms with van der Waals surface area (Å²) in [6.07, 6.45) is 0. The van der Waals surface area contributed by atoms with E-state index in [1.807, 2.05) is 6.92 Å². The van der Waals surface area contributed by atoms with E-state index in [-0.39, 0.29) is 37.0 Å². The number of thiophene rings is 1. The summed E-state index contributed by atoms with van der Waals surface area (Å²) in [5.41, 5.74) is 0.603. The lowest BCUT2D eigenvalue weighted by Crippen LogP contribution is -2.28. The molecule has 0 spiro atoms. The molecular weight excluding hydrogens is 575 g/mol. The van der Waals surface area contributed by atoms with Crippen LogP contribution in [0.1, 0.15) is 40.8 Å². The molecule has 1 aromatic heterocycles. The largest absolute Gasteiger partial charge is 0.490 e. The topological polar surface area (TPSA) is 111 Å². The molecule has 13 heteroatoms. The molecule has 9 nitrogen and oxygen atoms in total. The van der Waals surface area contributed by atoms with Crippen LogP contribution in [0.5, 0.6) is 11.5 Å². The van der Waals surface area contributed by atoms with E-state index in [2.05, 4.69) is 5.32 Å². The number of rotatable bonds is 11. The normalized spacial score (nSPS) is 11.1. The van der Waals surface area contributed by atoms with Gasteiger partial charge in [0.2, 0.25) is 0 Å². The summed E-state index contributed by atoms with van der Waals surface area (Å²) in [5.74, 6) is -0.496. The van der Waals surface area contributed by atoms with Crippen LogP contribution in [0.3, 0.4) is 0 Å². The van der Waals surface area contributed by atoms with Gasteiger partial charge in [-0.2, -0.15) is 0 Å². The van der Waals surface area contributed by atoms with Crippen LogP contribution in [-0.2, 0) is 14.8 Å². The summed E-state index contributed by atoms with van der Waals surface area (Å²) >= 11 is 13.1. The number of carbonyl (C=O) groups excluding carboxylic acids is 2. The first-order valence-electron chi connectivity index (χ1n) is 11.5. The lowest BCUT2D eigenvalue weighted by Gasteiger charge is -2.21. The fraction of sp³-hybridized carbons (Fsp3) is 0.280. The Kier molecular flexibility index (Phi) is 9.88. The lowest BCUT2D eigenvalue weighted by molar-refractivity contribution is 0.0526. The summed E-state index contributed by atoms with van der Waals surface area (Å²) in [7, 11) is -2.87. The zero-order valence-electron chi connectivity index (χ0n) is 21.0. The molecule has 3 rings (SSSR count). The van der Waals surface area contributed by atoms with Gasteiger partial charge in [-0.25, -0.2) is 13.2 Å². The number of halogens is 2. The number of hydrogen-bond donors (Lipinski definition) is 1. The summed E-state index contributed by atoms with van der Waals surface area (Å²) < 4.78 is 44.5. The van der Waals surface area contributed by atoms with Gasteiger partial charge in [0.1, 0.15) is 9.77 Å². The highest BCUT2D eigenvalue weighted by Gasteiger charge is 2.30. The number of benzene rings is 2. The molecule has 38 heavy (non-hydrogen) atoms. The molecule has 0 saturated heterocycles. The van der Waals surface area contributed by atoms with Gasteiger partial charge >= 0.3 is 5.97 Å². The second-order valence-corrected chi connectivity index (χ2v) is 11.7. The summed E-state index contributed by atoms with van der Waals surface area (Å²) in [6, 6.07) is 10.1. The summed E-state index contributed by atoms with van der Waals surface area (Å²) in [6.45, 7) is 6.22. The van der Waals surface area contributed by atoms with Crippen molar-refractivity contribution in [2.24, 2.45) is 0 Å². The Hall–Kier alpha value is -2.99. The van der Waals surface area contributed by atoms with Crippen molar-refractivity contribution in [3.05, 3.63) is 62.3 Å². The first-order chi connectivity index (χ1) is 18.0. The molecule has 1 amide bonds. The molecule has 0 saturated carbocycles. The first kappa shape index (κ1) is 29.6. The molecule has 0 aliphatic carbocycles. The third kappa shape index (κ3) is 6.71. The van der Waals surface area contributed by atoms with Crippen molar-refractivity contribution in [2.75, 3.05) is 36.5 Å². The first-order valence-corrected chi connectivity index (χ1v) is 14.5. The summed E-state index contributed by atoms with van der Waals surface area (Å²) in [4.78, 5) is 24.9. The molecule has 0 radical (unpaired) electrons. The van der Waals surface area contributed by atoms with E-state index in [1.165, 1.54) is 31.3 Å². The van der Waals surface area contributed by atoms with Crippen molar-refractivity contribution in [3.63, 3.8) is 0 Å². The van der Waals surface area contributed by atoms with E-state index in [9.17, 15) is 18.0 Å². The van der Waals surface area contributed by atoms with Crippen molar-refractivity contribution in [1.82, 2.24) is 0 Å². The predicted octanol–water partition coefficient (Wildman–Crippen LogP) is 6.11. The zero-order chi connectivity index (χ0) is 28.0. The van der Waals surface area contributed by atoms with E-state index in [0.29, 0.717) is 30.4 Å². The van der Waals surface area contributed by atoms with Gasteiger partial charge in [0, 0.05) is 23.8 Å². The molecule has 0 unspecified atom stereocenters. The Balaban J connectivity index is 1.95. The van der Waals surface area contributed by atoms with E-state index >= 15 is 0 Å². The molecule has 0 atom stereocenters. The highest BCUT2D eigenvalue weighted by atomic mass is 35.5. The fourth-order valence-corrected chi connectivity index (χ4v) is 6.51.